The Morgan fingerprint density at radius 1 is 1.56 bits per heavy atom. The van der Waals surface area contributed by atoms with Crippen LogP contribution in [0.4, 0.5) is 4.39 Å². The molecule has 0 radical (unpaired) electrons. The first kappa shape index (κ1) is 12.0. The normalized spacial score (nSPS) is 10.3. The van der Waals surface area contributed by atoms with E-state index in [1.807, 2.05) is 0 Å². The molecule has 0 aliphatic heterocycles. The van der Waals surface area contributed by atoms with Gasteiger partial charge in [-0.1, -0.05) is 6.07 Å². The van der Waals surface area contributed by atoms with Crippen LogP contribution < -0.4 is 4.74 Å². The van der Waals surface area contributed by atoms with Gasteiger partial charge in [0.15, 0.2) is 6.61 Å². The average molecular weight is 252 g/mol. The van der Waals surface area contributed by atoms with Crippen molar-refractivity contribution >= 4 is 5.97 Å². The van der Waals surface area contributed by atoms with Gasteiger partial charge in [-0.05, 0) is 17.3 Å². The lowest BCUT2D eigenvalue weighted by atomic mass is 10.2. The second-order valence-electron chi connectivity index (χ2n) is 3.40. The molecule has 0 aliphatic carbocycles. The third-order valence-corrected chi connectivity index (χ3v) is 2.10. The highest BCUT2D eigenvalue weighted by atomic mass is 19.1. The van der Waals surface area contributed by atoms with Gasteiger partial charge in [0.2, 0.25) is 5.82 Å². The molecule has 0 amide bonds. The first-order chi connectivity index (χ1) is 8.58. The van der Waals surface area contributed by atoms with Crippen molar-refractivity contribution in [2.45, 2.75) is 6.61 Å². The molecular weight excluding hydrogens is 243 g/mol. The van der Waals surface area contributed by atoms with E-state index in [-0.39, 0.29) is 18.2 Å². The molecule has 0 atom stereocenters. The smallest absolute Gasteiger partial charge is 0.342 e. The SMILES string of the molecule is Cn1nnc(COc2cccc(F)c2C(=O)O)n1. The lowest BCUT2D eigenvalue weighted by molar-refractivity contribution is 0.0686. The number of nitrogens with zero attached hydrogens (tertiary/aromatic N) is 4. The molecule has 1 aromatic heterocycles. The van der Waals surface area contributed by atoms with Gasteiger partial charge in [-0.2, -0.15) is 4.80 Å². The molecule has 0 spiro atoms. The van der Waals surface area contributed by atoms with Crippen LogP contribution in [0.5, 0.6) is 5.75 Å². The number of benzene rings is 1. The topological polar surface area (TPSA) is 90.1 Å². The molecule has 0 unspecified atom stereocenters. The number of aryl methyl sites for hydroxylation is 1. The van der Waals surface area contributed by atoms with E-state index in [0.29, 0.717) is 0 Å². The Kier molecular flexibility index (Phi) is 3.18. The summed E-state index contributed by atoms with van der Waals surface area (Å²) in [4.78, 5) is 12.1. The number of carbonyl (C=O) groups is 1. The fourth-order valence-corrected chi connectivity index (χ4v) is 1.36. The van der Waals surface area contributed by atoms with Crippen LogP contribution in [0, 0.1) is 5.82 Å². The van der Waals surface area contributed by atoms with E-state index in [9.17, 15) is 9.18 Å². The minimum Gasteiger partial charge on any atom is -0.484 e. The minimum absolute atomic E-state index is 0.0741. The zero-order chi connectivity index (χ0) is 13.1. The zero-order valence-electron chi connectivity index (χ0n) is 9.37. The van der Waals surface area contributed by atoms with Crippen LogP contribution in [0.15, 0.2) is 18.2 Å². The highest BCUT2D eigenvalue weighted by molar-refractivity contribution is 5.91. The van der Waals surface area contributed by atoms with Crippen LogP contribution in [0.1, 0.15) is 16.2 Å². The molecule has 1 N–H and O–H groups in total. The number of carboxylic acids is 1. The Morgan fingerprint density at radius 3 is 2.94 bits per heavy atom. The number of aromatic nitrogens is 4. The summed E-state index contributed by atoms with van der Waals surface area (Å²) in [6.07, 6.45) is 0. The molecule has 0 saturated heterocycles. The fraction of sp³-hybridized carbons (Fsp3) is 0.200. The maximum Gasteiger partial charge on any atom is 0.342 e. The van der Waals surface area contributed by atoms with Crippen LogP contribution in [0.3, 0.4) is 0 Å². The van der Waals surface area contributed by atoms with E-state index in [1.54, 1.807) is 7.05 Å². The predicted molar refractivity (Wildman–Crippen MR) is 56.5 cm³/mol. The van der Waals surface area contributed by atoms with Crippen molar-refractivity contribution in [2.75, 3.05) is 0 Å². The second-order valence-corrected chi connectivity index (χ2v) is 3.40. The third kappa shape index (κ3) is 2.42. The van der Waals surface area contributed by atoms with Gasteiger partial charge >= 0.3 is 5.97 Å². The number of carboxylic acid groups (broad SMARTS) is 1. The lowest BCUT2D eigenvalue weighted by Crippen LogP contribution is -2.07. The average Bonchev–Trinajstić information content (AvgIpc) is 2.72. The van der Waals surface area contributed by atoms with Gasteiger partial charge < -0.3 is 9.84 Å². The number of rotatable bonds is 4. The van der Waals surface area contributed by atoms with Gasteiger partial charge in [-0.15, -0.1) is 10.2 Å². The van der Waals surface area contributed by atoms with E-state index in [0.717, 1.165) is 6.07 Å². The molecule has 94 valence electrons. The van der Waals surface area contributed by atoms with Crippen molar-refractivity contribution in [3.8, 4) is 5.75 Å². The molecule has 1 heterocycles. The van der Waals surface area contributed by atoms with Crippen molar-refractivity contribution in [2.24, 2.45) is 7.05 Å². The van der Waals surface area contributed by atoms with Crippen molar-refractivity contribution in [3.05, 3.63) is 35.4 Å². The number of ether oxygens (including phenoxy) is 1. The summed E-state index contributed by atoms with van der Waals surface area (Å²) in [5.74, 6) is -2.05. The van der Waals surface area contributed by atoms with E-state index in [2.05, 4.69) is 15.4 Å². The largest absolute Gasteiger partial charge is 0.484 e. The van der Waals surface area contributed by atoms with E-state index in [1.165, 1.54) is 16.9 Å². The Hall–Kier alpha value is -2.51. The molecule has 18 heavy (non-hydrogen) atoms. The molecular formula is C10H9FN4O3. The molecule has 0 saturated carbocycles. The van der Waals surface area contributed by atoms with Crippen molar-refractivity contribution < 1.29 is 19.0 Å². The summed E-state index contributed by atoms with van der Waals surface area (Å²) < 4.78 is 18.5. The fourth-order valence-electron chi connectivity index (χ4n) is 1.36. The summed E-state index contributed by atoms with van der Waals surface area (Å²) in [7, 11) is 1.58. The van der Waals surface area contributed by atoms with Crippen LogP contribution in [-0.4, -0.2) is 31.3 Å². The summed E-state index contributed by atoms with van der Waals surface area (Å²) in [5.41, 5.74) is -0.513. The lowest BCUT2D eigenvalue weighted by Gasteiger charge is -2.07. The Balaban J connectivity index is 2.19. The molecule has 2 aromatic rings. The number of hydrogen-bond donors (Lipinski definition) is 1. The third-order valence-electron chi connectivity index (χ3n) is 2.10. The Labute approximate surface area is 101 Å². The van der Waals surface area contributed by atoms with Crippen LogP contribution in [0.25, 0.3) is 0 Å². The monoisotopic (exact) mass is 252 g/mol. The predicted octanol–water partition coefficient (Wildman–Crippen LogP) is 0.626. The van der Waals surface area contributed by atoms with Crippen molar-refractivity contribution in [3.63, 3.8) is 0 Å². The minimum atomic E-state index is -1.39. The quantitative estimate of drug-likeness (QED) is 0.858. The summed E-state index contributed by atoms with van der Waals surface area (Å²) in [6, 6.07) is 3.78. The second kappa shape index (κ2) is 4.78. The summed E-state index contributed by atoms with van der Waals surface area (Å²) in [5, 5.41) is 20.0. The van der Waals surface area contributed by atoms with E-state index < -0.39 is 17.3 Å². The van der Waals surface area contributed by atoms with Gasteiger partial charge in [0, 0.05) is 0 Å². The van der Waals surface area contributed by atoms with Gasteiger partial charge in [0.05, 0.1) is 7.05 Å². The maximum absolute atomic E-state index is 13.3. The first-order valence-corrected chi connectivity index (χ1v) is 4.95. The molecule has 8 heteroatoms. The number of aromatic carboxylic acids is 1. The molecule has 7 nitrogen and oxygen atoms in total. The van der Waals surface area contributed by atoms with Gasteiger partial charge in [-0.3, -0.25) is 0 Å². The van der Waals surface area contributed by atoms with Crippen molar-refractivity contribution in [1.29, 1.82) is 0 Å². The first-order valence-electron chi connectivity index (χ1n) is 4.95. The zero-order valence-corrected chi connectivity index (χ0v) is 9.37. The number of halogens is 1. The standard InChI is InChI=1S/C10H9FN4O3/c1-15-13-8(12-14-15)5-18-7-4-2-3-6(11)9(7)10(16)17/h2-4H,5H2,1H3,(H,16,17). The molecule has 1 aromatic carbocycles. The molecule has 2 rings (SSSR count). The Bertz CT molecular complexity index is 584. The summed E-state index contributed by atoms with van der Waals surface area (Å²) >= 11 is 0. The van der Waals surface area contributed by atoms with E-state index in [4.69, 9.17) is 9.84 Å². The van der Waals surface area contributed by atoms with Gasteiger partial charge in [0.25, 0.3) is 0 Å². The highest BCUT2D eigenvalue weighted by Gasteiger charge is 2.17. The maximum atomic E-state index is 13.3. The van der Waals surface area contributed by atoms with E-state index >= 15 is 0 Å². The van der Waals surface area contributed by atoms with Gasteiger partial charge in [-0.25, -0.2) is 9.18 Å². The molecule has 0 aliphatic rings. The number of tetrazole rings is 1. The van der Waals surface area contributed by atoms with Crippen LogP contribution >= 0.6 is 0 Å². The van der Waals surface area contributed by atoms with Crippen LogP contribution in [-0.2, 0) is 13.7 Å². The number of hydrogen-bond acceptors (Lipinski definition) is 5. The van der Waals surface area contributed by atoms with Crippen molar-refractivity contribution in [1.82, 2.24) is 20.2 Å². The summed E-state index contributed by atoms with van der Waals surface area (Å²) in [6.45, 7) is -0.0857. The highest BCUT2D eigenvalue weighted by Crippen LogP contribution is 2.22. The molecule has 0 fully saturated rings. The van der Waals surface area contributed by atoms with Gasteiger partial charge in [0.1, 0.15) is 17.1 Å². The van der Waals surface area contributed by atoms with Crippen LogP contribution in [0.2, 0.25) is 0 Å². The molecule has 0 bridgehead atoms. The Morgan fingerprint density at radius 2 is 2.33 bits per heavy atom.